The van der Waals surface area contributed by atoms with Gasteiger partial charge in [0.2, 0.25) is 0 Å². The summed E-state index contributed by atoms with van der Waals surface area (Å²) in [4.78, 5) is 8.91. The van der Waals surface area contributed by atoms with Crippen LogP contribution in [0.1, 0.15) is 37.5 Å². The average molecular weight is 533 g/mol. The molecular weight excluding hydrogens is 503 g/mol. The normalized spacial score (nSPS) is 16.7. The van der Waals surface area contributed by atoms with Crippen molar-refractivity contribution < 1.29 is 4.74 Å². The molecule has 2 N–H and O–H groups in total. The second-order valence-corrected chi connectivity index (χ2v) is 8.14. The van der Waals surface area contributed by atoms with Gasteiger partial charge in [-0.1, -0.05) is 43.6 Å². The Morgan fingerprint density at radius 2 is 2.14 bits per heavy atom. The van der Waals surface area contributed by atoms with Crippen LogP contribution in [0.25, 0.3) is 0 Å². The predicted molar refractivity (Wildman–Crippen MR) is 127 cm³/mol. The highest BCUT2D eigenvalue weighted by molar-refractivity contribution is 14.0. The summed E-state index contributed by atoms with van der Waals surface area (Å²) in [6.07, 6.45) is 1.87. The highest BCUT2D eigenvalue weighted by Crippen LogP contribution is 2.29. The van der Waals surface area contributed by atoms with E-state index in [1.54, 1.807) is 14.2 Å². The first-order chi connectivity index (χ1) is 13.4. The van der Waals surface area contributed by atoms with Crippen LogP contribution in [0.5, 0.6) is 0 Å². The Hall–Kier alpha value is -1.39. The molecule has 7 nitrogen and oxygen atoms in total. The number of hydrogen-bond donors (Lipinski definition) is 2. The van der Waals surface area contributed by atoms with Crippen LogP contribution >= 0.6 is 35.6 Å². The van der Waals surface area contributed by atoms with E-state index in [1.807, 2.05) is 22.9 Å². The monoisotopic (exact) mass is 532 g/mol. The molecule has 1 aliphatic rings. The van der Waals surface area contributed by atoms with Crippen LogP contribution in [0.2, 0.25) is 5.02 Å². The summed E-state index contributed by atoms with van der Waals surface area (Å²) in [5.74, 6) is 2.54. The van der Waals surface area contributed by atoms with Gasteiger partial charge in [-0.25, -0.2) is 9.67 Å². The maximum atomic E-state index is 6.39. The van der Waals surface area contributed by atoms with Crippen LogP contribution in [0, 0.1) is 0 Å². The van der Waals surface area contributed by atoms with Crippen molar-refractivity contribution in [3.8, 4) is 0 Å². The molecule has 0 bridgehead atoms. The van der Waals surface area contributed by atoms with E-state index in [4.69, 9.17) is 16.3 Å². The molecule has 1 aromatic carbocycles. The quantitative estimate of drug-likeness (QED) is 0.340. The van der Waals surface area contributed by atoms with E-state index in [2.05, 4.69) is 45.6 Å². The average Bonchev–Trinajstić information content (AvgIpc) is 3.07. The van der Waals surface area contributed by atoms with Gasteiger partial charge in [-0.05, 0) is 18.1 Å². The standard InChI is InChI=1S/C20H29ClN6O.HI/c1-20(2,15-7-5-6-8-16(15)21)13-23-19(22-3)24-14-9-10-18-25-17(12-28-4)26-27(18)11-14;/h5-8,14H,9-13H2,1-4H3,(H2,22,23,24);1H. The molecule has 2 aromatic rings. The minimum atomic E-state index is -0.128. The van der Waals surface area contributed by atoms with Crippen molar-refractivity contribution >= 4 is 41.5 Å². The summed E-state index contributed by atoms with van der Waals surface area (Å²) in [6, 6.07) is 8.23. The lowest BCUT2D eigenvalue weighted by Gasteiger charge is -2.30. The topological polar surface area (TPSA) is 76.4 Å². The lowest BCUT2D eigenvalue weighted by atomic mass is 9.84. The molecule has 1 atom stereocenters. The van der Waals surface area contributed by atoms with Gasteiger partial charge in [-0.3, -0.25) is 4.99 Å². The largest absolute Gasteiger partial charge is 0.377 e. The maximum Gasteiger partial charge on any atom is 0.191 e. The summed E-state index contributed by atoms with van der Waals surface area (Å²) >= 11 is 6.39. The number of ether oxygens (including phenoxy) is 1. The minimum absolute atomic E-state index is 0. The zero-order valence-corrected chi connectivity index (χ0v) is 20.5. The molecule has 0 amide bonds. The number of nitrogens with zero attached hydrogens (tertiary/aromatic N) is 4. The highest BCUT2D eigenvalue weighted by atomic mass is 127. The van der Waals surface area contributed by atoms with Crippen molar-refractivity contribution in [3.63, 3.8) is 0 Å². The zero-order chi connectivity index (χ0) is 20.1. The van der Waals surface area contributed by atoms with Crippen LogP contribution in [0.15, 0.2) is 29.3 Å². The van der Waals surface area contributed by atoms with Gasteiger partial charge in [0.15, 0.2) is 11.8 Å². The molecule has 0 saturated carbocycles. The summed E-state index contributed by atoms with van der Waals surface area (Å²) in [5.41, 5.74) is 0.992. The van der Waals surface area contributed by atoms with Gasteiger partial charge < -0.3 is 15.4 Å². The number of aliphatic imine (C=N–C) groups is 1. The van der Waals surface area contributed by atoms with E-state index in [1.165, 1.54) is 0 Å². The molecule has 9 heteroatoms. The van der Waals surface area contributed by atoms with Gasteiger partial charge in [0.1, 0.15) is 12.4 Å². The molecule has 2 heterocycles. The Morgan fingerprint density at radius 1 is 1.38 bits per heavy atom. The molecule has 0 spiro atoms. The summed E-state index contributed by atoms with van der Waals surface area (Å²) in [5, 5.41) is 12.3. The molecule has 1 aromatic heterocycles. The Morgan fingerprint density at radius 3 is 2.83 bits per heavy atom. The number of halogens is 2. The van der Waals surface area contributed by atoms with Crippen molar-refractivity contribution in [1.82, 2.24) is 25.4 Å². The molecule has 0 fully saturated rings. The van der Waals surface area contributed by atoms with Crippen molar-refractivity contribution in [1.29, 1.82) is 0 Å². The number of nitrogens with one attached hydrogen (secondary N) is 2. The van der Waals surface area contributed by atoms with E-state index < -0.39 is 0 Å². The fourth-order valence-corrected chi connectivity index (χ4v) is 3.86. The molecule has 0 aliphatic carbocycles. The Labute approximate surface area is 194 Å². The van der Waals surface area contributed by atoms with E-state index in [-0.39, 0.29) is 35.4 Å². The number of methoxy groups -OCH3 is 1. The minimum Gasteiger partial charge on any atom is -0.377 e. The number of fused-ring (bicyclic) bond motifs is 1. The summed E-state index contributed by atoms with van der Waals surface area (Å²) < 4.78 is 7.10. The van der Waals surface area contributed by atoms with Crippen molar-refractivity contribution in [3.05, 3.63) is 46.5 Å². The summed E-state index contributed by atoms with van der Waals surface area (Å²) in [6.45, 7) is 6.27. The highest BCUT2D eigenvalue weighted by Gasteiger charge is 2.25. The molecule has 1 unspecified atom stereocenters. The molecular formula is C20H30ClIN6O. The third kappa shape index (κ3) is 6.05. The lowest BCUT2D eigenvalue weighted by molar-refractivity contribution is 0.177. The Kier molecular flexibility index (Phi) is 8.72. The fraction of sp³-hybridized carbons (Fsp3) is 0.550. The van der Waals surface area contributed by atoms with Gasteiger partial charge in [-0.2, -0.15) is 5.10 Å². The zero-order valence-electron chi connectivity index (χ0n) is 17.4. The second-order valence-electron chi connectivity index (χ2n) is 7.73. The van der Waals surface area contributed by atoms with Gasteiger partial charge >= 0.3 is 0 Å². The number of aromatic nitrogens is 3. The van der Waals surface area contributed by atoms with E-state index in [9.17, 15) is 0 Å². The van der Waals surface area contributed by atoms with E-state index >= 15 is 0 Å². The van der Waals surface area contributed by atoms with Gasteiger partial charge in [0, 0.05) is 43.6 Å². The third-order valence-corrected chi connectivity index (χ3v) is 5.37. The molecule has 29 heavy (non-hydrogen) atoms. The smallest absolute Gasteiger partial charge is 0.191 e. The first-order valence-corrected chi connectivity index (χ1v) is 9.94. The van der Waals surface area contributed by atoms with Crippen LogP contribution < -0.4 is 10.6 Å². The fourth-order valence-electron chi connectivity index (χ4n) is 3.47. The second kappa shape index (κ2) is 10.6. The van der Waals surface area contributed by atoms with Crippen molar-refractivity contribution in [2.75, 3.05) is 20.7 Å². The van der Waals surface area contributed by atoms with Crippen molar-refractivity contribution in [2.45, 2.75) is 51.3 Å². The van der Waals surface area contributed by atoms with Gasteiger partial charge in [-0.15, -0.1) is 24.0 Å². The Balaban J connectivity index is 0.00000300. The van der Waals surface area contributed by atoms with Crippen molar-refractivity contribution in [2.24, 2.45) is 4.99 Å². The molecule has 3 rings (SSSR count). The van der Waals surface area contributed by atoms with Crippen LogP contribution in [-0.4, -0.2) is 47.5 Å². The number of hydrogen-bond acceptors (Lipinski definition) is 4. The van der Waals surface area contributed by atoms with E-state index in [0.29, 0.717) is 6.61 Å². The predicted octanol–water partition coefficient (Wildman–Crippen LogP) is 3.15. The number of benzene rings is 1. The molecule has 0 saturated heterocycles. The molecule has 0 radical (unpaired) electrons. The van der Waals surface area contributed by atoms with Gasteiger partial charge in [0.25, 0.3) is 0 Å². The Bertz CT molecular complexity index is 838. The molecule has 1 aliphatic heterocycles. The third-order valence-electron chi connectivity index (χ3n) is 5.04. The SMILES string of the molecule is CN=C(NCC(C)(C)c1ccccc1Cl)NC1CCc2nc(COC)nn2C1.I. The first kappa shape index (κ1) is 23.9. The summed E-state index contributed by atoms with van der Waals surface area (Å²) in [7, 11) is 3.45. The number of guanidine groups is 1. The van der Waals surface area contributed by atoms with Crippen LogP contribution in [0.4, 0.5) is 0 Å². The van der Waals surface area contributed by atoms with E-state index in [0.717, 1.165) is 54.1 Å². The first-order valence-electron chi connectivity index (χ1n) is 9.56. The number of aryl methyl sites for hydroxylation is 1. The number of rotatable bonds is 6. The molecule has 160 valence electrons. The van der Waals surface area contributed by atoms with Gasteiger partial charge in [0.05, 0.1) is 6.54 Å². The van der Waals surface area contributed by atoms with Crippen LogP contribution in [-0.2, 0) is 29.7 Å². The maximum absolute atomic E-state index is 6.39. The lowest BCUT2D eigenvalue weighted by Crippen LogP contribution is -2.49. The van der Waals surface area contributed by atoms with Crippen LogP contribution in [0.3, 0.4) is 0 Å².